The van der Waals surface area contributed by atoms with E-state index < -0.39 is 11.7 Å². The van der Waals surface area contributed by atoms with Gasteiger partial charge in [0.05, 0.1) is 0 Å². The van der Waals surface area contributed by atoms with Gasteiger partial charge in [0.2, 0.25) is 0 Å². The third-order valence-electron chi connectivity index (χ3n) is 3.08. The summed E-state index contributed by atoms with van der Waals surface area (Å²) in [6, 6.07) is 7.02. The first-order valence-corrected chi connectivity index (χ1v) is 5.38. The molecule has 1 aliphatic heterocycles. The normalized spacial score (nSPS) is 24.6. The molecule has 4 nitrogen and oxygen atoms in total. The molecule has 1 aromatic carbocycles. The van der Waals surface area contributed by atoms with Crippen LogP contribution in [0.25, 0.3) is 0 Å². The van der Waals surface area contributed by atoms with E-state index in [-0.39, 0.29) is 6.04 Å². The van der Waals surface area contributed by atoms with E-state index in [0.29, 0.717) is 18.1 Å². The lowest BCUT2D eigenvalue weighted by molar-refractivity contribution is -0.0882. The highest BCUT2D eigenvalue weighted by Crippen LogP contribution is 2.34. The van der Waals surface area contributed by atoms with E-state index in [9.17, 15) is 5.11 Å². The number of ether oxygens (including phenoxy) is 2. The topological polar surface area (TPSA) is 64.7 Å². The zero-order valence-corrected chi connectivity index (χ0v) is 9.51. The minimum absolute atomic E-state index is 0.311. The second kappa shape index (κ2) is 3.96. The van der Waals surface area contributed by atoms with E-state index in [1.807, 2.05) is 24.3 Å². The number of fused-ring (bicyclic) bond motifs is 1. The van der Waals surface area contributed by atoms with Crippen LogP contribution in [0.2, 0.25) is 0 Å². The summed E-state index contributed by atoms with van der Waals surface area (Å²) in [5.41, 5.74) is 4.63. The van der Waals surface area contributed by atoms with Gasteiger partial charge in [0.15, 0.2) is 17.6 Å². The van der Waals surface area contributed by atoms with Gasteiger partial charge in [-0.3, -0.25) is 0 Å². The van der Waals surface area contributed by atoms with Crippen LogP contribution in [-0.4, -0.2) is 29.5 Å². The van der Waals surface area contributed by atoms with Crippen LogP contribution in [0.3, 0.4) is 0 Å². The number of aliphatic hydroxyl groups is 1. The number of rotatable bonds is 2. The number of hydrogen-bond donors (Lipinski definition) is 2. The Bertz CT molecular complexity index is 376. The minimum atomic E-state index is -1.10. The first-order valence-electron chi connectivity index (χ1n) is 5.38. The Labute approximate surface area is 95.0 Å². The van der Waals surface area contributed by atoms with E-state index in [1.54, 1.807) is 13.8 Å². The van der Waals surface area contributed by atoms with Crippen molar-refractivity contribution in [2.45, 2.75) is 31.6 Å². The molecule has 3 unspecified atom stereocenters. The van der Waals surface area contributed by atoms with Gasteiger partial charge >= 0.3 is 0 Å². The lowest BCUT2D eigenvalue weighted by Gasteiger charge is -2.38. The summed E-state index contributed by atoms with van der Waals surface area (Å²) in [6.07, 6.45) is -0.442. The highest BCUT2D eigenvalue weighted by Gasteiger charge is 2.40. The van der Waals surface area contributed by atoms with E-state index in [0.717, 1.165) is 0 Å². The minimum Gasteiger partial charge on any atom is -0.486 e. The van der Waals surface area contributed by atoms with Crippen LogP contribution >= 0.6 is 0 Å². The van der Waals surface area contributed by atoms with Gasteiger partial charge in [-0.15, -0.1) is 0 Å². The summed E-state index contributed by atoms with van der Waals surface area (Å²) in [5.74, 6) is 1.36. The summed E-state index contributed by atoms with van der Waals surface area (Å²) >= 11 is 0. The third-order valence-corrected chi connectivity index (χ3v) is 3.08. The van der Waals surface area contributed by atoms with Crippen LogP contribution in [0.5, 0.6) is 11.5 Å². The van der Waals surface area contributed by atoms with Crippen molar-refractivity contribution >= 4 is 0 Å². The average molecular weight is 223 g/mol. The molecule has 0 aliphatic carbocycles. The molecule has 3 atom stereocenters. The fraction of sp³-hybridized carbons (Fsp3) is 0.500. The summed E-state index contributed by atoms with van der Waals surface area (Å²) in [6.45, 7) is 3.73. The second-order valence-electron chi connectivity index (χ2n) is 4.38. The quantitative estimate of drug-likeness (QED) is 0.782. The van der Waals surface area contributed by atoms with Crippen molar-refractivity contribution in [1.82, 2.24) is 0 Å². The first kappa shape index (κ1) is 11.2. The molecule has 0 bridgehead atoms. The average Bonchev–Trinajstić information content (AvgIpc) is 2.28. The van der Waals surface area contributed by atoms with E-state index in [2.05, 4.69) is 0 Å². The van der Waals surface area contributed by atoms with Gasteiger partial charge in [-0.2, -0.15) is 0 Å². The van der Waals surface area contributed by atoms with Gasteiger partial charge in [0, 0.05) is 6.04 Å². The first-order chi connectivity index (χ1) is 7.51. The maximum atomic E-state index is 10.2. The van der Waals surface area contributed by atoms with Crippen molar-refractivity contribution in [2.24, 2.45) is 5.73 Å². The van der Waals surface area contributed by atoms with Gasteiger partial charge in [0.25, 0.3) is 0 Å². The molecule has 1 aliphatic rings. The van der Waals surface area contributed by atoms with Crippen LogP contribution in [0.4, 0.5) is 0 Å². The lowest BCUT2D eigenvalue weighted by atomic mass is 9.91. The molecule has 0 radical (unpaired) electrons. The maximum Gasteiger partial charge on any atom is 0.162 e. The van der Waals surface area contributed by atoms with Crippen molar-refractivity contribution in [3.63, 3.8) is 0 Å². The molecule has 0 spiro atoms. The molecule has 0 saturated carbocycles. The van der Waals surface area contributed by atoms with Crippen molar-refractivity contribution in [2.75, 3.05) is 6.61 Å². The van der Waals surface area contributed by atoms with Gasteiger partial charge in [-0.1, -0.05) is 12.1 Å². The van der Waals surface area contributed by atoms with E-state index >= 15 is 0 Å². The predicted octanol–water partition coefficient (Wildman–Crippen LogP) is 0.925. The van der Waals surface area contributed by atoms with E-state index in [4.69, 9.17) is 15.2 Å². The van der Waals surface area contributed by atoms with Crippen molar-refractivity contribution in [3.8, 4) is 11.5 Å². The Hall–Kier alpha value is -1.26. The molecule has 0 aromatic heterocycles. The molecule has 0 fully saturated rings. The molecule has 2 rings (SSSR count). The SMILES string of the molecule is CC(N)C(C)(O)C1COc2ccccc2O1. The third kappa shape index (κ3) is 1.86. The zero-order valence-electron chi connectivity index (χ0n) is 9.51. The zero-order chi connectivity index (χ0) is 11.8. The summed E-state index contributed by atoms with van der Waals surface area (Å²) in [4.78, 5) is 0. The molecule has 1 aromatic rings. The smallest absolute Gasteiger partial charge is 0.162 e. The Morgan fingerprint density at radius 1 is 1.44 bits per heavy atom. The van der Waals surface area contributed by atoms with Crippen LogP contribution in [0.15, 0.2) is 24.3 Å². The highest BCUT2D eigenvalue weighted by molar-refractivity contribution is 5.41. The monoisotopic (exact) mass is 223 g/mol. The van der Waals surface area contributed by atoms with Crippen molar-refractivity contribution in [3.05, 3.63) is 24.3 Å². The molecule has 0 saturated heterocycles. The van der Waals surface area contributed by atoms with Crippen molar-refractivity contribution < 1.29 is 14.6 Å². The fourth-order valence-corrected chi connectivity index (χ4v) is 1.60. The molecule has 3 N–H and O–H groups in total. The van der Waals surface area contributed by atoms with Gasteiger partial charge in [-0.25, -0.2) is 0 Å². The Morgan fingerprint density at radius 2 is 2.06 bits per heavy atom. The Kier molecular flexibility index (Phi) is 2.78. The van der Waals surface area contributed by atoms with E-state index in [1.165, 1.54) is 0 Å². The molecular weight excluding hydrogens is 206 g/mol. The van der Waals surface area contributed by atoms with Gasteiger partial charge < -0.3 is 20.3 Å². The summed E-state index contributed by atoms with van der Waals surface area (Å²) in [5, 5.41) is 10.2. The summed E-state index contributed by atoms with van der Waals surface area (Å²) < 4.78 is 11.2. The maximum absolute atomic E-state index is 10.2. The Balaban J connectivity index is 2.20. The molecule has 4 heteroatoms. The molecule has 0 amide bonds. The van der Waals surface area contributed by atoms with Crippen LogP contribution in [0.1, 0.15) is 13.8 Å². The standard InChI is InChI=1S/C12H17NO3/c1-8(13)12(2,14)11-7-15-9-5-3-4-6-10(9)16-11/h3-6,8,11,14H,7,13H2,1-2H3. The van der Waals surface area contributed by atoms with Crippen LogP contribution in [0, 0.1) is 0 Å². The highest BCUT2D eigenvalue weighted by atomic mass is 16.6. The number of benzene rings is 1. The Morgan fingerprint density at radius 3 is 2.69 bits per heavy atom. The number of nitrogens with two attached hydrogens (primary N) is 1. The van der Waals surface area contributed by atoms with Crippen LogP contribution in [-0.2, 0) is 0 Å². The van der Waals surface area contributed by atoms with Gasteiger partial charge in [0.1, 0.15) is 12.2 Å². The molecular formula is C12H17NO3. The van der Waals surface area contributed by atoms with Gasteiger partial charge in [-0.05, 0) is 26.0 Å². The molecule has 16 heavy (non-hydrogen) atoms. The molecule has 88 valence electrons. The fourth-order valence-electron chi connectivity index (χ4n) is 1.60. The van der Waals surface area contributed by atoms with Crippen molar-refractivity contribution in [1.29, 1.82) is 0 Å². The lowest BCUT2D eigenvalue weighted by Crippen LogP contribution is -2.57. The molecule has 1 heterocycles. The second-order valence-corrected chi connectivity index (χ2v) is 4.38. The summed E-state index contributed by atoms with van der Waals surface area (Å²) in [7, 11) is 0. The predicted molar refractivity (Wildman–Crippen MR) is 60.6 cm³/mol. The number of hydrogen-bond acceptors (Lipinski definition) is 4. The number of para-hydroxylation sites is 2. The largest absolute Gasteiger partial charge is 0.486 e. The van der Waals surface area contributed by atoms with Crippen LogP contribution < -0.4 is 15.2 Å².